The van der Waals surface area contributed by atoms with Gasteiger partial charge in [-0.05, 0) is 56.4 Å². The lowest BCUT2D eigenvalue weighted by Gasteiger charge is -2.34. The molecule has 1 N–H and O–H groups in total. The Labute approximate surface area is 192 Å². The van der Waals surface area contributed by atoms with Gasteiger partial charge >= 0.3 is 5.97 Å². The van der Waals surface area contributed by atoms with Crippen LogP contribution in [0.1, 0.15) is 37.8 Å². The minimum atomic E-state index is -0.507. The van der Waals surface area contributed by atoms with Crippen molar-refractivity contribution in [3.05, 3.63) is 58.8 Å². The maximum atomic E-state index is 12.6. The Morgan fingerprint density at radius 2 is 2.00 bits per heavy atom. The molecule has 8 nitrogen and oxygen atoms in total. The summed E-state index contributed by atoms with van der Waals surface area (Å²) in [5.74, 6) is -0.932. The SMILES string of the molecule is C=CC(=O)OCCCCN1c2ccc(C3=C(C#N)C(=C(C#N)C#N)NC3=O)cc2CC1(C)C. The molecule has 1 amide bonds. The zero-order chi connectivity index (χ0) is 24.2. The van der Waals surface area contributed by atoms with Crippen molar-refractivity contribution in [1.82, 2.24) is 5.32 Å². The molecule has 0 atom stereocenters. The summed E-state index contributed by atoms with van der Waals surface area (Å²) in [7, 11) is 0. The summed E-state index contributed by atoms with van der Waals surface area (Å²) in [5, 5.41) is 30.4. The number of amides is 1. The highest BCUT2D eigenvalue weighted by atomic mass is 16.5. The number of esters is 1. The second kappa shape index (κ2) is 9.42. The maximum absolute atomic E-state index is 12.6. The second-order valence-electron chi connectivity index (χ2n) is 8.35. The van der Waals surface area contributed by atoms with Crippen molar-refractivity contribution in [3.63, 3.8) is 0 Å². The summed E-state index contributed by atoms with van der Waals surface area (Å²) in [4.78, 5) is 26.1. The molecule has 0 unspecified atom stereocenters. The number of carbonyl (C=O) groups is 2. The fourth-order valence-corrected chi connectivity index (χ4v) is 4.25. The molecule has 0 fully saturated rings. The van der Waals surface area contributed by atoms with Crippen LogP contribution in [0.15, 0.2) is 47.7 Å². The van der Waals surface area contributed by atoms with E-state index in [9.17, 15) is 14.9 Å². The molecule has 0 aliphatic carbocycles. The molecule has 2 heterocycles. The van der Waals surface area contributed by atoms with Crippen LogP contribution in [-0.2, 0) is 20.7 Å². The first kappa shape index (κ1) is 23.3. The largest absolute Gasteiger partial charge is 0.463 e. The summed E-state index contributed by atoms with van der Waals surface area (Å²) < 4.78 is 5.03. The van der Waals surface area contributed by atoms with Gasteiger partial charge in [0.25, 0.3) is 5.91 Å². The molecule has 1 aromatic carbocycles. The lowest BCUT2D eigenvalue weighted by molar-refractivity contribution is -0.137. The molecule has 1 aromatic rings. The lowest BCUT2D eigenvalue weighted by atomic mass is 9.95. The predicted molar refractivity (Wildman–Crippen MR) is 121 cm³/mol. The van der Waals surface area contributed by atoms with Crippen molar-refractivity contribution >= 4 is 23.1 Å². The van der Waals surface area contributed by atoms with Crippen molar-refractivity contribution in [1.29, 1.82) is 15.8 Å². The Hall–Kier alpha value is -4.35. The van der Waals surface area contributed by atoms with Crippen molar-refractivity contribution in [2.45, 2.75) is 38.6 Å². The number of unbranched alkanes of at least 4 members (excludes halogenated alkanes) is 1. The molecular formula is C25H23N5O3. The van der Waals surface area contributed by atoms with Crippen LogP contribution in [-0.4, -0.2) is 30.6 Å². The van der Waals surface area contributed by atoms with Gasteiger partial charge in [0, 0.05) is 23.8 Å². The standard InChI is InChI=1S/C25H23N5O3/c1-4-21(31)33-10-6-5-9-30-20-8-7-16(11-17(20)12-25(30,2)3)22-19(15-28)23(29-24(22)32)18(13-26)14-27/h4,7-8,11H,1,5-6,9-10,12H2,2-3H3,(H,29,32). The van der Waals surface area contributed by atoms with Crippen LogP contribution in [0.3, 0.4) is 0 Å². The number of nitrogens with one attached hydrogen (secondary N) is 1. The Balaban J connectivity index is 1.87. The van der Waals surface area contributed by atoms with E-state index in [1.807, 2.05) is 18.2 Å². The van der Waals surface area contributed by atoms with Gasteiger partial charge in [0.05, 0.1) is 23.5 Å². The Bertz CT molecular complexity index is 1200. The van der Waals surface area contributed by atoms with Crippen molar-refractivity contribution in [2.75, 3.05) is 18.1 Å². The van der Waals surface area contributed by atoms with E-state index in [1.165, 1.54) is 0 Å². The average molecular weight is 441 g/mol. The van der Waals surface area contributed by atoms with Gasteiger partial charge < -0.3 is 15.0 Å². The van der Waals surface area contributed by atoms with Crippen LogP contribution in [0.5, 0.6) is 0 Å². The fraction of sp³-hybridized carbons (Fsp3) is 0.320. The van der Waals surface area contributed by atoms with E-state index in [4.69, 9.17) is 15.3 Å². The van der Waals surface area contributed by atoms with Crippen molar-refractivity contribution < 1.29 is 14.3 Å². The molecule has 2 aliphatic heterocycles. The monoisotopic (exact) mass is 441 g/mol. The normalized spacial score (nSPS) is 15.8. The Morgan fingerprint density at radius 1 is 1.27 bits per heavy atom. The number of fused-ring (bicyclic) bond motifs is 1. The molecule has 3 rings (SSSR count). The van der Waals surface area contributed by atoms with Gasteiger partial charge in [0.15, 0.2) is 5.57 Å². The molecule has 8 heteroatoms. The van der Waals surface area contributed by atoms with Gasteiger partial charge in [0.1, 0.15) is 18.2 Å². The fourth-order valence-electron chi connectivity index (χ4n) is 4.25. The number of nitrogens with zero attached hydrogens (tertiary/aromatic N) is 4. The smallest absolute Gasteiger partial charge is 0.330 e. The molecule has 0 spiro atoms. The van der Waals surface area contributed by atoms with Crippen molar-refractivity contribution in [3.8, 4) is 18.2 Å². The number of nitriles is 3. The van der Waals surface area contributed by atoms with Crippen LogP contribution < -0.4 is 10.2 Å². The number of carbonyl (C=O) groups excluding carboxylic acids is 2. The number of rotatable bonds is 7. The van der Waals surface area contributed by atoms with Gasteiger partial charge in [-0.3, -0.25) is 4.79 Å². The molecular weight excluding hydrogens is 418 g/mol. The van der Waals surface area contributed by atoms with E-state index in [-0.39, 0.29) is 28.0 Å². The first-order chi connectivity index (χ1) is 15.8. The summed E-state index contributed by atoms with van der Waals surface area (Å²) in [6, 6.07) is 11.0. The highest BCUT2D eigenvalue weighted by Gasteiger charge is 2.37. The predicted octanol–water partition coefficient (Wildman–Crippen LogP) is 3.05. The number of allylic oxidation sites excluding steroid dienone is 2. The van der Waals surface area contributed by atoms with E-state index >= 15 is 0 Å². The third-order valence-corrected chi connectivity index (χ3v) is 5.75. The minimum Gasteiger partial charge on any atom is -0.463 e. The van der Waals surface area contributed by atoms with E-state index in [2.05, 4.69) is 30.6 Å². The molecule has 33 heavy (non-hydrogen) atoms. The topological polar surface area (TPSA) is 130 Å². The first-order valence-corrected chi connectivity index (χ1v) is 10.5. The second-order valence-corrected chi connectivity index (χ2v) is 8.35. The first-order valence-electron chi connectivity index (χ1n) is 10.5. The maximum Gasteiger partial charge on any atom is 0.330 e. The van der Waals surface area contributed by atoms with Gasteiger partial charge in [-0.25, -0.2) is 4.79 Å². The summed E-state index contributed by atoms with van der Waals surface area (Å²) in [6.07, 6.45) is 3.46. The minimum absolute atomic E-state index is 0.00114. The van der Waals surface area contributed by atoms with Gasteiger partial charge in [0.2, 0.25) is 0 Å². The highest BCUT2D eigenvalue weighted by molar-refractivity contribution is 6.26. The molecule has 0 bridgehead atoms. The molecule has 166 valence electrons. The zero-order valence-corrected chi connectivity index (χ0v) is 18.6. The summed E-state index contributed by atoms with van der Waals surface area (Å²) in [6.45, 7) is 8.77. The van der Waals surface area contributed by atoms with Gasteiger partial charge in [-0.15, -0.1) is 0 Å². The zero-order valence-electron chi connectivity index (χ0n) is 18.6. The summed E-state index contributed by atoms with van der Waals surface area (Å²) >= 11 is 0. The Morgan fingerprint density at radius 3 is 2.64 bits per heavy atom. The highest BCUT2D eigenvalue weighted by Crippen LogP contribution is 2.41. The van der Waals surface area contributed by atoms with Crippen LogP contribution in [0.2, 0.25) is 0 Å². The summed E-state index contributed by atoms with van der Waals surface area (Å²) in [5.41, 5.74) is 2.34. The number of hydrogen-bond acceptors (Lipinski definition) is 7. The van der Waals surface area contributed by atoms with E-state index in [0.29, 0.717) is 12.2 Å². The molecule has 0 radical (unpaired) electrons. The molecule has 0 saturated heterocycles. The van der Waals surface area contributed by atoms with E-state index in [0.717, 1.165) is 43.1 Å². The van der Waals surface area contributed by atoms with Crippen LogP contribution in [0.4, 0.5) is 5.69 Å². The molecule has 0 aromatic heterocycles. The van der Waals surface area contributed by atoms with Gasteiger partial charge in [-0.1, -0.05) is 12.6 Å². The van der Waals surface area contributed by atoms with E-state index in [1.54, 1.807) is 18.2 Å². The quantitative estimate of drug-likeness (QED) is 0.298. The van der Waals surface area contributed by atoms with Gasteiger partial charge in [-0.2, -0.15) is 15.8 Å². The number of hydrogen-bond donors (Lipinski definition) is 1. The number of benzene rings is 1. The van der Waals surface area contributed by atoms with Crippen LogP contribution in [0, 0.1) is 34.0 Å². The van der Waals surface area contributed by atoms with Crippen LogP contribution in [0.25, 0.3) is 5.57 Å². The third-order valence-electron chi connectivity index (χ3n) is 5.75. The molecule has 2 aliphatic rings. The lowest BCUT2D eigenvalue weighted by Crippen LogP contribution is -2.41. The molecule has 0 saturated carbocycles. The van der Waals surface area contributed by atoms with Crippen LogP contribution >= 0.6 is 0 Å². The third kappa shape index (κ3) is 4.49. The number of anilines is 1. The van der Waals surface area contributed by atoms with Crippen molar-refractivity contribution in [2.24, 2.45) is 0 Å². The average Bonchev–Trinajstić information content (AvgIpc) is 3.25. The Kier molecular flexibility index (Phi) is 6.66. The number of ether oxygens (including phenoxy) is 1. The van der Waals surface area contributed by atoms with E-state index < -0.39 is 11.9 Å².